The van der Waals surface area contributed by atoms with Crippen LogP contribution in [0, 0.1) is 6.92 Å². The van der Waals surface area contributed by atoms with Crippen LogP contribution in [-0.2, 0) is 6.54 Å². The van der Waals surface area contributed by atoms with E-state index in [4.69, 9.17) is 5.73 Å². The Morgan fingerprint density at radius 3 is 2.33 bits per heavy atom. The van der Waals surface area contributed by atoms with E-state index in [2.05, 4.69) is 93.2 Å². The largest absolute Gasteiger partial charge is 0.329 e. The van der Waals surface area contributed by atoms with Gasteiger partial charge >= 0.3 is 0 Å². The van der Waals surface area contributed by atoms with Gasteiger partial charge in [-0.1, -0.05) is 56.1 Å². The maximum Gasteiger partial charge on any atom is 0.0482 e. The molecule has 2 rings (SSSR count). The minimum atomic E-state index is 0.198. The van der Waals surface area contributed by atoms with Crippen molar-refractivity contribution in [2.45, 2.75) is 19.5 Å². The Hall–Kier alpha value is -0.680. The van der Waals surface area contributed by atoms with Crippen LogP contribution in [0.4, 0.5) is 0 Å². The minimum absolute atomic E-state index is 0.198. The fourth-order valence-corrected chi connectivity index (χ4v) is 3.46. The number of hydrogen-bond donors (Lipinski definition) is 1. The van der Waals surface area contributed by atoms with Gasteiger partial charge in [0.05, 0.1) is 0 Å². The predicted octanol–water partition coefficient (Wildman–Crippen LogP) is 4.65. The molecule has 0 bridgehead atoms. The molecule has 4 heteroatoms. The number of nitrogens with zero attached hydrogens (tertiary/aromatic N) is 1. The van der Waals surface area contributed by atoms with Crippen molar-refractivity contribution in [3.63, 3.8) is 0 Å². The minimum Gasteiger partial charge on any atom is -0.329 e. The van der Waals surface area contributed by atoms with Crippen molar-refractivity contribution in [1.82, 2.24) is 4.90 Å². The molecule has 0 aliphatic rings. The van der Waals surface area contributed by atoms with Crippen LogP contribution < -0.4 is 5.73 Å². The summed E-state index contributed by atoms with van der Waals surface area (Å²) >= 11 is 7.13. The summed E-state index contributed by atoms with van der Waals surface area (Å²) in [7, 11) is 2.12. The van der Waals surface area contributed by atoms with E-state index in [0.29, 0.717) is 6.54 Å². The molecular weight excluding hydrogens is 392 g/mol. The summed E-state index contributed by atoms with van der Waals surface area (Å²) in [6.07, 6.45) is 0. The maximum absolute atomic E-state index is 6.02. The van der Waals surface area contributed by atoms with E-state index in [9.17, 15) is 0 Å². The van der Waals surface area contributed by atoms with Crippen LogP contribution in [0.15, 0.2) is 51.4 Å². The summed E-state index contributed by atoms with van der Waals surface area (Å²) in [5.41, 5.74) is 9.79. The first kappa shape index (κ1) is 16.7. The van der Waals surface area contributed by atoms with E-state index in [1.54, 1.807) is 0 Å². The van der Waals surface area contributed by atoms with Crippen LogP contribution in [0.1, 0.15) is 22.7 Å². The Morgan fingerprint density at radius 1 is 1.10 bits per heavy atom. The van der Waals surface area contributed by atoms with E-state index >= 15 is 0 Å². The second kappa shape index (κ2) is 7.54. The third-order valence-corrected chi connectivity index (χ3v) is 4.83. The Kier molecular flexibility index (Phi) is 5.99. The SMILES string of the molecule is Cc1ccc(C(CN)N(C)Cc2ccc(Br)cc2)c(Br)c1. The van der Waals surface area contributed by atoms with Gasteiger partial charge in [-0.2, -0.15) is 0 Å². The molecule has 0 heterocycles. The van der Waals surface area contributed by atoms with Crippen molar-refractivity contribution in [2.75, 3.05) is 13.6 Å². The lowest BCUT2D eigenvalue weighted by atomic mass is 10.0. The topological polar surface area (TPSA) is 29.3 Å². The van der Waals surface area contributed by atoms with E-state index in [-0.39, 0.29) is 6.04 Å². The molecule has 2 nitrogen and oxygen atoms in total. The number of halogens is 2. The summed E-state index contributed by atoms with van der Waals surface area (Å²) in [6.45, 7) is 3.56. The van der Waals surface area contributed by atoms with Gasteiger partial charge in [-0.15, -0.1) is 0 Å². The number of nitrogens with two attached hydrogens (primary N) is 1. The quantitative estimate of drug-likeness (QED) is 0.775. The summed E-state index contributed by atoms with van der Waals surface area (Å²) in [5, 5.41) is 0. The zero-order chi connectivity index (χ0) is 15.4. The zero-order valence-corrected chi connectivity index (χ0v) is 15.5. The van der Waals surface area contributed by atoms with Crippen molar-refractivity contribution in [3.8, 4) is 0 Å². The standard InChI is InChI=1S/C17H20Br2N2/c1-12-3-8-15(16(19)9-12)17(10-20)21(2)11-13-4-6-14(18)7-5-13/h3-9,17H,10-11,20H2,1-2H3. The van der Waals surface area contributed by atoms with E-state index < -0.39 is 0 Å². The Morgan fingerprint density at radius 2 is 1.76 bits per heavy atom. The highest BCUT2D eigenvalue weighted by molar-refractivity contribution is 9.10. The van der Waals surface area contributed by atoms with Crippen LogP contribution >= 0.6 is 31.9 Å². The highest BCUT2D eigenvalue weighted by Gasteiger charge is 2.18. The lowest BCUT2D eigenvalue weighted by molar-refractivity contribution is 0.241. The fraction of sp³-hybridized carbons (Fsp3) is 0.294. The third-order valence-electron chi connectivity index (χ3n) is 3.62. The third kappa shape index (κ3) is 4.39. The lowest BCUT2D eigenvalue weighted by Crippen LogP contribution is -2.30. The molecule has 112 valence electrons. The number of likely N-dealkylation sites (N-methyl/N-ethyl adjacent to an activating group) is 1. The second-order valence-corrected chi connectivity index (χ2v) is 7.09. The Bertz CT molecular complexity index is 596. The van der Waals surface area contributed by atoms with Crippen molar-refractivity contribution in [3.05, 3.63) is 68.1 Å². The normalized spacial score (nSPS) is 12.7. The Labute approximate surface area is 143 Å². The van der Waals surface area contributed by atoms with Crippen molar-refractivity contribution in [1.29, 1.82) is 0 Å². The summed E-state index contributed by atoms with van der Waals surface area (Å²) in [5.74, 6) is 0. The number of hydrogen-bond acceptors (Lipinski definition) is 2. The molecule has 0 spiro atoms. The molecular formula is C17H20Br2N2. The first-order chi connectivity index (χ1) is 10.0. The highest BCUT2D eigenvalue weighted by atomic mass is 79.9. The zero-order valence-electron chi connectivity index (χ0n) is 12.3. The molecule has 0 aliphatic carbocycles. The van der Waals surface area contributed by atoms with Crippen LogP contribution in [0.5, 0.6) is 0 Å². The summed E-state index contributed by atoms with van der Waals surface area (Å²) < 4.78 is 2.23. The average Bonchev–Trinajstić information content (AvgIpc) is 2.44. The van der Waals surface area contributed by atoms with Crippen LogP contribution in [0.25, 0.3) is 0 Å². The Balaban J connectivity index is 2.18. The van der Waals surface area contributed by atoms with Gasteiger partial charge in [0.2, 0.25) is 0 Å². The maximum atomic E-state index is 6.02. The van der Waals surface area contributed by atoms with Crippen LogP contribution in [0.2, 0.25) is 0 Å². The molecule has 1 unspecified atom stereocenters. The molecule has 0 saturated carbocycles. The van der Waals surface area contributed by atoms with Crippen LogP contribution in [0.3, 0.4) is 0 Å². The lowest BCUT2D eigenvalue weighted by Gasteiger charge is -2.28. The van der Waals surface area contributed by atoms with Gasteiger partial charge in [0, 0.05) is 28.1 Å². The van der Waals surface area contributed by atoms with Crippen LogP contribution in [-0.4, -0.2) is 18.5 Å². The summed E-state index contributed by atoms with van der Waals surface area (Å²) in [6, 6.07) is 15.1. The summed E-state index contributed by atoms with van der Waals surface area (Å²) in [4.78, 5) is 2.29. The molecule has 1 atom stereocenters. The second-order valence-electron chi connectivity index (χ2n) is 5.32. The van der Waals surface area contributed by atoms with Crippen molar-refractivity contribution < 1.29 is 0 Å². The van der Waals surface area contributed by atoms with Crippen molar-refractivity contribution in [2.24, 2.45) is 5.73 Å². The fourth-order valence-electron chi connectivity index (χ4n) is 2.43. The molecule has 0 aromatic heterocycles. The first-order valence-corrected chi connectivity index (χ1v) is 8.50. The first-order valence-electron chi connectivity index (χ1n) is 6.92. The highest BCUT2D eigenvalue weighted by Crippen LogP contribution is 2.28. The van der Waals surface area contributed by atoms with Gasteiger partial charge in [-0.05, 0) is 48.9 Å². The average molecular weight is 412 g/mol. The molecule has 0 saturated heterocycles. The number of rotatable bonds is 5. The molecule has 0 aliphatic heterocycles. The van der Waals surface area contributed by atoms with E-state index in [0.717, 1.165) is 15.5 Å². The van der Waals surface area contributed by atoms with Gasteiger partial charge in [-0.3, -0.25) is 4.90 Å². The van der Waals surface area contributed by atoms with E-state index in [1.165, 1.54) is 16.7 Å². The van der Waals surface area contributed by atoms with Crippen molar-refractivity contribution >= 4 is 31.9 Å². The van der Waals surface area contributed by atoms with Gasteiger partial charge in [0.25, 0.3) is 0 Å². The van der Waals surface area contributed by atoms with Gasteiger partial charge in [0.1, 0.15) is 0 Å². The molecule has 0 radical (unpaired) electrons. The number of aryl methyl sites for hydroxylation is 1. The monoisotopic (exact) mass is 410 g/mol. The predicted molar refractivity (Wildman–Crippen MR) is 96.3 cm³/mol. The smallest absolute Gasteiger partial charge is 0.0482 e. The molecule has 2 aromatic carbocycles. The van der Waals surface area contributed by atoms with Gasteiger partial charge in [0.15, 0.2) is 0 Å². The number of benzene rings is 2. The van der Waals surface area contributed by atoms with E-state index in [1.807, 2.05) is 0 Å². The van der Waals surface area contributed by atoms with Gasteiger partial charge < -0.3 is 5.73 Å². The molecule has 2 N–H and O–H groups in total. The molecule has 0 fully saturated rings. The molecule has 21 heavy (non-hydrogen) atoms. The van der Waals surface area contributed by atoms with Gasteiger partial charge in [-0.25, -0.2) is 0 Å². The molecule has 0 amide bonds. The molecule has 2 aromatic rings.